The first-order chi connectivity index (χ1) is 13.9. The Hall–Kier alpha value is -3.32. The van der Waals surface area contributed by atoms with Crippen molar-refractivity contribution < 1.29 is 9.31 Å². The Labute approximate surface area is 174 Å². The number of aromatic nitrogens is 2. The summed E-state index contributed by atoms with van der Waals surface area (Å²) < 4.78 is 14.0. The highest BCUT2D eigenvalue weighted by Crippen LogP contribution is 2.36. The molecule has 0 radical (unpaired) electrons. The van der Waals surface area contributed by atoms with Crippen LogP contribution in [-0.2, 0) is 0 Å². The van der Waals surface area contributed by atoms with Crippen molar-refractivity contribution in [3.63, 3.8) is 0 Å². The summed E-state index contributed by atoms with van der Waals surface area (Å²) in [6.07, 6.45) is 0. The maximum absolute atomic E-state index is 13.7. The second kappa shape index (κ2) is 7.60. The Kier molecular flexibility index (Phi) is 4.98. The van der Waals surface area contributed by atoms with Gasteiger partial charge in [0, 0.05) is 28.8 Å². The third-order valence-electron chi connectivity index (χ3n) is 4.65. The monoisotopic (exact) mass is 451 g/mol. The first-order valence-corrected chi connectivity index (χ1v) is 9.59. The van der Waals surface area contributed by atoms with Crippen molar-refractivity contribution in [2.75, 3.05) is 0 Å². The standard InChI is InChI=1S/C22H15BrFN3O2/c1-13-7-9-16(27(28)29)12-17(13)21-20(14-5-3-2-4-6-14)25-22(26-21)15-8-10-19(24)18(23)11-15/h2-12H,1H3,(H,25,26). The van der Waals surface area contributed by atoms with E-state index in [1.165, 1.54) is 12.1 Å². The molecule has 4 rings (SSSR count). The number of H-pyrrole nitrogens is 1. The molecule has 0 aliphatic heterocycles. The molecule has 0 amide bonds. The first kappa shape index (κ1) is 19.0. The lowest BCUT2D eigenvalue weighted by Gasteiger charge is -2.07. The molecule has 0 aliphatic carbocycles. The van der Waals surface area contributed by atoms with Crippen LogP contribution in [0.5, 0.6) is 0 Å². The number of rotatable bonds is 4. The Balaban J connectivity index is 1.95. The van der Waals surface area contributed by atoms with E-state index in [4.69, 9.17) is 4.98 Å². The van der Waals surface area contributed by atoms with Crippen LogP contribution in [0.1, 0.15) is 5.56 Å². The maximum Gasteiger partial charge on any atom is 0.270 e. The van der Waals surface area contributed by atoms with Crippen LogP contribution < -0.4 is 0 Å². The smallest absolute Gasteiger partial charge is 0.270 e. The molecule has 29 heavy (non-hydrogen) atoms. The summed E-state index contributed by atoms with van der Waals surface area (Å²) in [5, 5.41) is 11.3. The first-order valence-electron chi connectivity index (χ1n) is 8.80. The van der Waals surface area contributed by atoms with Gasteiger partial charge in [-0.25, -0.2) is 9.37 Å². The largest absolute Gasteiger partial charge is 0.337 e. The molecule has 0 spiro atoms. The molecular formula is C22H15BrFN3O2. The molecule has 3 aromatic carbocycles. The van der Waals surface area contributed by atoms with E-state index in [0.717, 1.165) is 11.1 Å². The quantitative estimate of drug-likeness (QED) is 0.283. The summed E-state index contributed by atoms with van der Waals surface area (Å²) >= 11 is 3.20. The molecule has 0 aliphatic rings. The van der Waals surface area contributed by atoms with Gasteiger partial charge in [-0.05, 0) is 46.6 Å². The van der Waals surface area contributed by atoms with Crippen LogP contribution in [0.15, 0.2) is 71.2 Å². The van der Waals surface area contributed by atoms with Crippen molar-refractivity contribution in [2.45, 2.75) is 6.92 Å². The average molecular weight is 452 g/mol. The Morgan fingerprint density at radius 1 is 1.03 bits per heavy atom. The van der Waals surface area contributed by atoms with E-state index >= 15 is 0 Å². The highest BCUT2D eigenvalue weighted by molar-refractivity contribution is 9.10. The molecule has 0 bridgehead atoms. The summed E-state index contributed by atoms with van der Waals surface area (Å²) in [4.78, 5) is 18.9. The van der Waals surface area contributed by atoms with Gasteiger partial charge in [-0.1, -0.05) is 36.4 Å². The zero-order valence-corrected chi connectivity index (χ0v) is 16.9. The summed E-state index contributed by atoms with van der Waals surface area (Å²) in [6, 6.07) is 19.0. The number of hydrogen-bond acceptors (Lipinski definition) is 3. The predicted octanol–water partition coefficient (Wildman–Crippen LogP) is 6.53. The molecule has 144 valence electrons. The molecule has 7 heteroatoms. The molecule has 1 aromatic heterocycles. The number of imidazole rings is 1. The van der Waals surface area contributed by atoms with Crippen molar-refractivity contribution in [1.29, 1.82) is 0 Å². The molecule has 4 aromatic rings. The maximum atomic E-state index is 13.7. The van der Waals surface area contributed by atoms with Gasteiger partial charge < -0.3 is 4.98 Å². The highest BCUT2D eigenvalue weighted by atomic mass is 79.9. The number of benzene rings is 3. The van der Waals surface area contributed by atoms with E-state index in [9.17, 15) is 14.5 Å². The zero-order valence-electron chi connectivity index (χ0n) is 15.3. The summed E-state index contributed by atoms with van der Waals surface area (Å²) in [5.74, 6) is 0.184. The highest BCUT2D eigenvalue weighted by Gasteiger charge is 2.19. The van der Waals surface area contributed by atoms with Gasteiger partial charge in [0.2, 0.25) is 0 Å². The second-order valence-electron chi connectivity index (χ2n) is 6.56. The lowest BCUT2D eigenvalue weighted by molar-refractivity contribution is -0.384. The average Bonchev–Trinajstić information content (AvgIpc) is 3.16. The van der Waals surface area contributed by atoms with E-state index in [-0.39, 0.29) is 11.5 Å². The SMILES string of the molecule is Cc1ccc([N+](=O)[O-])cc1-c1[nH]c(-c2ccc(F)c(Br)c2)nc1-c1ccccc1. The van der Waals surface area contributed by atoms with Crippen LogP contribution in [-0.4, -0.2) is 14.9 Å². The number of nitrogens with zero attached hydrogens (tertiary/aromatic N) is 2. The molecule has 1 N–H and O–H groups in total. The molecule has 0 saturated heterocycles. The van der Waals surface area contributed by atoms with Gasteiger partial charge in [0.1, 0.15) is 11.6 Å². The minimum absolute atomic E-state index is 0.00490. The van der Waals surface area contributed by atoms with Crippen molar-refractivity contribution >= 4 is 21.6 Å². The summed E-state index contributed by atoms with van der Waals surface area (Å²) in [5.41, 5.74) is 4.49. The Morgan fingerprint density at radius 3 is 2.48 bits per heavy atom. The van der Waals surface area contributed by atoms with Crippen LogP contribution in [0, 0.1) is 22.9 Å². The van der Waals surface area contributed by atoms with Gasteiger partial charge in [0.05, 0.1) is 20.8 Å². The van der Waals surface area contributed by atoms with Crippen molar-refractivity contribution in [3.05, 3.63) is 92.7 Å². The minimum atomic E-state index is -0.417. The fourth-order valence-corrected chi connectivity index (χ4v) is 3.52. The topological polar surface area (TPSA) is 71.8 Å². The fraction of sp³-hybridized carbons (Fsp3) is 0.0455. The number of aryl methyl sites for hydroxylation is 1. The molecule has 1 heterocycles. The van der Waals surface area contributed by atoms with Crippen molar-refractivity contribution in [2.24, 2.45) is 0 Å². The third kappa shape index (κ3) is 3.69. The second-order valence-corrected chi connectivity index (χ2v) is 7.41. The zero-order chi connectivity index (χ0) is 20.5. The van der Waals surface area contributed by atoms with Gasteiger partial charge in [0.25, 0.3) is 5.69 Å². The summed E-state index contributed by atoms with van der Waals surface area (Å²) in [7, 11) is 0. The van der Waals surface area contributed by atoms with Gasteiger partial charge >= 0.3 is 0 Å². The summed E-state index contributed by atoms with van der Waals surface area (Å²) in [6.45, 7) is 1.89. The fourth-order valence-electron chi connectivity index (χ4n) is 3.15. The van der Waals surface area contributed by atoms with Crippen molar-refractivity contribution in [3.8, 4) is 33.9 Å². The lowest BCUT2D eigenvalue weighted by Crippen LogP contribution is -1.92. The van der Waals surface area contributed by atoms with Gasteiger partial charge in [0.15, 0.2) is 0 Å². The van der Waals surface area contributed by atoms with E-state index in [1.54, 1.807) is 24.3 Å². The van der Waals surface area contributed by atoms with Crippen LogP contribution in [0.3, 0.4) is 0 Å². The minimum Gasteiger partial charge on any atom is -0.337 e. The number of hydrogen-bond donors (Lipinski definition) is 1. The van der Waals surface area contributed by atoms with Crippen molar-refractivity contribution in [1.82, 2.24) is 9.97 Å². The number of nitro groups is 1. The third-order valence-corrected chi connectivity index (χ3v) is 5.25. The molecule has 0 atom stereocenters. The van der Waals surface area contributed by atoms with Crippen LogP contribution in [0.25, 0.3) is 33.9 Å². The molecule has 5 nitrogen and oxygen atoms in total. The predicted molar refractivity (Wildman–Crippen MR) is 114 cm³/mol. The lowest BCUT2D eigenvalue weighted by atomic mass is 10.0. The number of nitrogens with one attached hydrogen (secondary N) is 1. The molecule has 0 unspecified atom stereocenters. The van der Waals surface area contributed by atoms with Gasteiger partial charge in [-0.3, -0.25) is 10.1 Å². The van der Waals surface area contributed by atoms with Crippen LogP contribution >= 0.6 is 15.9 Å². The molecule has 0 fully saturated rings. The number of aromatic amines is 1. The molecular weight excluding hydrogens is 437 g/mol. The Morgan fingerprint density at radius 2 is 1.79 bits per heavy atom. The van der Waals surface area contributed by atoms with E-state index in [1.807, 2.05) is 37.3 Å². The number of non-ortho nitro benzene ring substituents is 1. The van der Waals surface area contributed by atoms with E-state index < -0.39 is 4.92 Å². The van der Waals surface area contributed by atoms with Crippen LogP contribution in [0.4, 0.5) is 10.1 Å². The van der Waals surface area contributed by atoms with Crippen LogP contribution in [0.2, 0.25) is 0 Å². The van der Waals surface area contributed by atoms with E-state index in [0.29, 0.717) is 32.8 Å². The number of halogens is 2. The molecule has 0 saturated carbocycles. The Bertz CT molecular complexity index is 1220. The van der Waals surface area contributed by atoms with Gasteiger partial charge in [-0.15, -0.1) is 0 Å². The normalized spacial score (nSPS) is 10.9. The van der Waals surface area contributed by atoms with Gasteiger partial charge in [-0.2, -0.15) is 0 Å². The number of nitro benzene ring substituents is 1. The van der Waals surface area contributed by atoms with E-state index in [2.05, 4.69) is 20.9 Å².